The Morgan fingerprint density at radius 3 is 2.77 bits per heavy atom. The van der Waals surface area contributed by atoms with Crippen molar-refractivity contribution in [3.8, 4) is 0 Å². The van der Waals surface area contributed by atoms with Crippen molar-refractivity contribution < 1.29 is 19.1 Å². The van der Waals surface area contributed by atoms with Crippen LogP contribution in [0.1, 0.15) is 45.6 Å². The van der Waals surface area contributed by atoms with Crippen molar-refractivity contribution >= 4 is 29.6 Å². The highest BCUT2D eigenvalue weighted by Crippen LogP contribution is 2.35. The lowest BCUT2D eigenvalue weighted by molar-refractivity contribution is -0.165. The fourth-order valence-electron chi connectivity index (χ4n) is 3.41. The lowest BCUT2D eigenvalue weighted by Crippen LogP contribution is -2.36. The minimum absolute atomic E-state index is 0.0908. The summed E-state index contributed by atoms with van der Waals surface area (Å²) in [5.74, 6) is 0.307. The van der Waals surface area contributed by atoms with Crippen molar-refractivity contribution in [1.29, 1.82) is 0 Å². The van der Waals surface area contributed by atoms with Crippen LogP contribution in [0.2, 0.25) is 5.02 Å². The van der Waals surface area contributed by atoms with E-state index in [1.54, 1.807) is 24.3 Å². The molecule has 1 aromatic carbocycles. The van der Waals surface area contributed by atoms with Gasteiger partial charge in [0.05, 0.1) is 0 Å². The fourth-order valence-corrected chi connectivity index (χ4v) is 3.60. The van der Waals surface area contributed by atoms with Gasteiger partial charge in [0.15, 0.2) is 6.61 Å². The molecule has 1 fully saturated rings. The highest BCUT2D eigenvalue weighted by Gasteiger charge is 2.33. The van der Waals surface area contributed by atoms with E-state index < -0.39 is 11.9 Å². The van der Waals surface area contributed by atoms with Gasteiger partial charge in [0.2, 0.25) is 0 Å². The summed E-state index contributed by atoms with van der Waals surface area (Å²) in [4.78, 5) is 23.8. The van der Waals surface area contributed by atoms with Crippen molar-refractivity contribution in [3.05, 3.63) is 40.9 Å². The van der Waals surface area contributed by atoms with E-state index >= 15 is 0 Å². The number of halogens is 1. The van der Waals surface area contributed by atoms with Crippen LogP contribution in [0.15, 0.2) is 30.3 Å². The van der Waals surface area contributed by atoms with Crippen LogP contribution in [0.25, 0.3) is 6.08 Å². The molecule has 0 amide bonds. The standard InChI is InChI=1S/C21H27ClO4/c1-14(2)18-9-7-15(3)11-19(18)26-21(24)13-25-20(23)10-8-16-5-4-6-17(22)12-16/h4-6,8,10,12,14-15,18-19H,7,9,11,13H2,1-3H3/b10-8+. The molecule has 0 heterocycles. The Labute approximate surface area is 160 Å². The second kappa shape index (κ2) is 9.77. The number of esters is 2. The Bertz CT molecular complexity index is 653. The molecule has 1 saturated carbocycles. The highest BCUT2D eigenvalue weighted by molar-refractivity contribution is 6.30. The Kier molecular flexibility index (Phi) is 7.70. The molecule has 1 aliphatic carbocycles. The summed E-state index contributed by atoms with van der Waals surface area (Å²) >= 11 is 5.89. The van der Waals surface area contributed by atoms with Gasteiger partial charge in [-0.1, -0.05) is 50.9 Å². The average Bonchev–Trinajstić information content (AvgIpc) is 2.58. The van der Waals surface area contributed by atoms with Crippen molar-refractivity contribution in [2.45, 2.75) is 46.1 Å². The van der Waals surface area contributed by atoms with Crippen LogP contribution in [0, 0.1) is 17.8 Å². The van der Waals surface area contributed by atoms with Crippen LogP contribution in [0.3, 0.4) is 0 Å². The number of rotatable bonds is 6. The summed E-state index contributed by atoms with van der Waals surface area (Å²) in [6, 6.07) is 7.10. The monoisotopic (exact) mass is 378 g/mol. The third-order valence-electron chi connectivity index (χ3n) is 4.84. The molecule has 26 heavy (non-hydrogen) atoms. The van der Waals surface area contributed by atoms with Gasteiger partial charge >= 0.3 is 11.9 Å². The van der Waals surface area contributed by atoms with E-state index in [9.17, 15) is 9.59 Å². The number of carbonyl (C=O) groups is 2. The van der Waals surface area contributed by atoms with Crippen molar-refractivity contribution in [1.82, 2.24) is 0 Å². The van der Waals surface area contributed by atoms with Gasteiger partial charge in [-0.05, 0) is 54.4 Å². The molecular weight excluding hydrogens is 352 g/mol. The van der Waals surface area contributed by atoms with Gasteiger partial charge in [0.25, 0.3) is 0 Å². The van der Waals surface area contributed by atoms with Crippen LogP contribution < -0.4 is 0 Å². The van der Waals surface area contributed by atoms with Gasteiger partial charge < -0.3 is 9.47 Å². The van der Waals surface area contributed by atoms with E-state index in [0.29, 0.717) is 22.8 Å². The molecule has 1 aromatic rings. The number of hydrogen-bond acceptors (Lipinski definition) is 4. The van der Waals surface area contributed by atoms with Crippen molar-refractivity contribution in [3.63, 3.8) is 0 Å². The Hall–Kier alpha value is -1.81. The lowest BCUT2D eigenvalue weighted by Gasteiger charge is -2.36. The zero-order valence-corrected chi connectivity index (χ0v) is 16.4. The summed E-state index contributed by atoms with van der Waals surface area (Å²) in [6.07, 6.45) is 5.89. The molecule has 4 nitrogen and oxygen atoms in total. The zero-order valence-electron chi connectivity index (χ0n) is 15.6. The molecule has 0 spiro atoms. The molecule has 3 atom stereocenters. The summed E-state index contributed by atoms with van der Waals surface area (Å²) in [7, 11) is 0. The fraction of sp³-hybridized carbons (Fsp3) is 0.524. The van der Waals surface area contributed by atoms with Crippen LogP contribution in [-0.4, -0.2) is 24.6 Å². The van der Waals surface area contributed by atoms with Crippen LogP contribution in [0.5, 0.6) is 0 Å². The van der Waals surface area contributed by atoms with Gasteiger partial charge in [-0.2, -0.15) is 0 Å². The Morgan fingerprint density at radius 1 is 1.31 bits per heavy atom. The summed E-state index contributed by atoms with van der Waals surface area (Å²) in [5, 5.41) is 0.588. The predicted molar refractivity (Wildman–Crippen MR) is 103 cm³/mol. The van der Waals surface area contributed by atoms with Crippen LogP contribution >= 0.6 is 11.6 Å². The third kappa shape index (κ3) is 6.49. The summed E-state index contributed by atoms with van der Waals surface area (Å²) in [5.41, 5.74) is 0.785. The molecular formula is C21H27ClO4. The van der Waals surface area contributed by atoms with E-state index in [1.165, 1.54) is 12.5 Å². The first-order chi connectivity index (χ1) is 12.3. The normalized spacial score (nSPS) is 23.2. The van der Waals surface area contributed by atoms with Crippen molar-refractivity contribution in [2.75, 3.05) is 6.61 Å². The summed E-state index contributed by atoms with van der Waals surface area (Å²) < 4.78 is 10.6. The van der Waals surface area contributed by atoms with E-state index in [4.69, 9.17) is 21.1 Å². The maximum absolute atomic E-state index is 12.1. The molecule has 142 valence electrons. The minimum Gasteiger partial charge on any atom is -0.460 e. The number of ether oxygens (including phenoxy) is 2. The predicted octanol–water partition coefficient (Wildman–Crippen LogP) is 4.90. The second-order valence-corrected chi connectivity index (χ2v) is 7.79. The SMILES string of the molecule is CC1CCC(C(C)C)C(OC(=O)COC(=O)/C=C/c2cccc(Cl)c2)C1. The largest absolute Gasteiger partial charge is 0.460 e. The van der Waals surface area contributed by atoms with Gasteiger partial charge in [-0.15, -0.1) is 0 Å². The Balaban J connectivity index is 1.81. The van der Waals surface area contributed by atoms with E-state index in [2.05, 4.69) is 20.8 Å². The quantitative estimate of drug-likeness (QED) is 0.521. The first-order valence-corrected chi connectivity index (χ1v) is 9.53. The smallest absolute Gasteiger partial charge is 0.344 e. The van der Waals surface area contributed by atoms with Crippen LogP contribution in [-0.2, 0) is 19.1 Å². The molecule has 3 unspecified atom stereocenters. The first kappa shape index (κ1) is 20.5. The molecule has 0 aliphatic heterocycles. The molecule has 5 heteroatoms. The van der Waals surface area contributed by atoms with Gasteiger partial charge in [0.1, 0.15) is 6.10 Å². The van der Waals surface area contributed by atoms with E-state index in [-0.39, 0.29) is 12.7 Å². The van der Waals surface area contributed by atoms with Crippen molar-refractivity contribution in [2.24, 2.45) is 17.8 Å². The zero-order chi connectivity index (χ0) is 19.1. The average molecular weight is 379 g/mol. The van der Waals surface area contributed by atoms with E-state index in [1.807, 2.05) is 6.07 Å². The molecule has 0 radical (unpaired) electrons. The van der Waals surface area contributed by atoms with Gasteiger partial charge in [-0.3, -0.25) is 0 Å². The lowest BCUT2D eigenvalue weighted by atomic mass is 9.75. The highest BCUT2D eigenvalue weighted by atomic mass is 35.5. The van der Waals surface area contributed by atoms with Gasteiger partial charge in [-0.25, -0.2) is 9.59 Å². The minimum atomic E-state index is -0.584. The molecule has 2 rings (SSSR count). The second-order valence-electron chi connectivity index (χ2n) is 7.35. The molecule has 0 aromatic heterocycles. The summed E-state index contributed by atoms with van der Waals surface area (Å²) in [6.45, 7) is 6.12. The maximum atomic E-state index is 12.1. The third-order valence-corrected chi connectivity index (χ3v) is 5.07. The maximum Gasteiger partial charge on any atom is 0.344 e. The Morgan fingerprint density at radius 2 is 2.08 bits per heavy atom. The van der Waals surface area contributed by atoms with E-state index in [0.717, 1.165) is 18.4 Å². The number of hydrogen-bond donors (Lipinski definition) is 0. The molecule has 1 aliphatic rings. The topological polar surface area (TPSA) is 52.6 Å². The molecule has 0 saturated heterocycles. The molecule has 0 bridgehead atoms. The van der Waals surface area contributed by atoms with Crippen LogP contribution in [0.4, 0.5) is 0 Å². The molecule has 0 N–H and O–H groups in total. The van der Waals surface area contributed by atoms with Gasteiger partial charge in [0, 0.05) is 11.1 Å². The first-order valence-electron chi connectivity index (χ1n) is 9.15. The number of carbonyl (C=O) groups excluding carboxylic acids is 2. The number of benzene rings is 1.